The molecule has 0 bridgehead atoms. The third-order valence-corrected chi connectivity index (χ3v) is 2.37. The monoisotopic (exact) mass is 185 g/mol. The van der Waals surface area contributed by atoms with Crippen LogP contribution in [0.4, 0.5) is 0 Å². The standard InChI is InChI=1S/C11H23NO/c1-6-10(5)12(7-2)11(13)8-9(3)4/h9-10H,6-8H2,1-5H3. The number of carbonyl (C=O) groups is 1. The molecule has 13 heavy (non-hydrogen) atoms. The molecule has 0 saturated heterocycles. The Morgan fingerprint density at radius 3 is 2.08 bits per heavy atom. The third kappa shape index (κ3) is 4.30. The van der Waals surface area contributed by atoms with Gasteiger partial charge in [0.1, 0.15) is 0 Å². The van der Waals surface area contributed by atoms with Gasteiger partial charge in [0, 0.05) is 19.0 Å². The molecule has 0 aromatic heterocycles. The van der Waals surface area contributed by atoms with Crippen molar-refractivity contribution in [2.45, 2.75) is 53.5 Å². The molecule has 0 heterocycles. The van der Waals surface area contributed by atoms with Crippen molar-refractivity contribution in [3.8, 4) is 0 Å². The normalized spacial score (nSPS) is 13.1. The minimum atomic E-state index is 0.298. The summed E-state index contributed by atoms with van der Waals surface area (Å²) in [5, 5.41) is 0. The van der Waals surface area contributed by atoms with Gasteiger partial charge in [-0.15, -0.1) is 0 Å². The van der Waals surface area contributed by atoms with Gasteiger partial charge in [0.2, 0.25) is 5.91 Å². The highest BCUT2D eigenvalue weighted by molar-refractivity contribution is 5.76. The van der Waals surface area contributed by atoms with Gasteiger partial charge in [-0.3, -0.25) is 4.79 Å². The van der Waals surface area contributed by atoms with Crippen LogP contribution in [0.5, 0.6) is 0 Å². The quantitative estimate of drug-likeness (QED) is 0.645. The molecule has 2 nitrogen and oxygen atoms in total. The molecule has 1 amide bonds. The van der Waals surface area contributed by atoms with Crippen LogP contribution in [0.25, 0.3) is 0 Å². The van der Waals surface area contributed by atoms with Gasteiger partial charge in [-0.25, -0.2) is 0 Å². The first-order valence-electron chi connectivity index (χ1n) is 5.32. The maximum atomic E-state index is 11.7. The Kier molecular flexibility index (Phi) is 5.76. The first-order valence-corrected chi connectivity index (χ1v) is 5.32. The van der Waals surface area contributed by atoms with E-state index in [1.165, 1.54) is 0 Å². The highest BCUT2D eigenvalue weighted by Crippen LogP contribution is 2.09. The molecule has 0 aromatic rings. The van der Waals surface area contributed by atoms with Crippen molar-refractivity contribution in [2.75, 3.05) is 6.54 Å². The van der Waals surface area contributed by atoms with Gasteiger partial charge in [-0.05, 0) is 26.2 Å². The van der Waals surface area contributed by atoms with Crippen LogP contribution in [0.2, 0.25) is 0 Å². The minimum Gasteiger partial charge on any atom is -0.340 e. The van der Waals surface area contributed by atoms with Crippen molar-refractivity contribution in [3.05, 3.63) is 0 Å². The van der Waals surface area contributed by atoms with E-state index in [1.807, 2.05) is 11.8 Å². The van der Waals surface area contributed by atoms with Gasteiger partial charge in [-0.1, -0.05) is 20.8 Å². The summed E-state index contributed by atoms with van der Waals surface area (Å²) in [4.78, 5) is 13.7. The second kappa shape index (κ2) is 6.01. The van der Waals surface area contributed by atoms with Gasteiger partial charge in [0.15, 0.2) is 0 Å². The van der Waals surface area contributed by atoms with Crippen LogP contribution >= 0.6 is 0 Å². The fourth-order valence-electron chi connectivity index (χ4n) is 1.42. The molecule has 1 unspecified atom stereocenters. The fraction of sp³-hybridized carbons (Fsp3) is 0.909. The number of amides is 1. The number of hydrogen-bond donors (Lipinski definition) is 0. The molecule has 0 spiro atoms. The van der Waals surface area contributed by atoms with Crippen LogP contribution in [0.15, 0.2) is 0 Å². The summed E-state index contributed by atoms with van der Waals surface area (Å²) in [5.41, 5.74) is 0. The van der Waals surface area contributed by atoms with E-state index in [2.05, 4.69) is 27.7 Å². The number of rotatable bonds is 5. The van der Waals surface area contributed by atoms with E-state index in [0.29, 0.717) is 24.3 Å². The van der Waals surface area contributed by atoms with Crippen molar-refractivity contribution in [2.24, 2.45) is 5.92 Å². The lowest BCUT2D eigenvalue weighted by molar-refractivity contribution is -0.133. The molecule has 0 aliphatic carbocycles. The molecule has 0 saturated carbocycles. The van der Waals surface area contributed by atoms with E-state index >= 15 is 0 Å². The Morgan fingerprint density at radius 2 is 1.77 bits per heavy atom. The van der Waals surface area contributed by atoms with Crippen LogP contribution in [0.1, 0.15) is 47.5 Å². The molecule has 0 N–H and O–H groups in total. The summed E-state index contributed by atoms with van der Waals surface area (Å²) in [6.45, 7) is 11.3. The van der Waals surface area contributed by atoms with Crippen molar-refractivity contribution in [1.29, 1.82) is 0 Å². The lowest BCUT2D eigenvalue weighted by atomic mass is 10.1. The number of carbonyl (C=O) groups excluding carboxylic acids is 1. The molecule has 0 fully saturated rings. The maximum absolute atomic E-state index is 11.7. The number of nitrogens with zero attached hydrogens (tertiary/aromatic N) is 1. The fourth-order valence-corrected chi connectivity index (χ4v) is 1.42. The van der Waals surface area contributed by atoms with Gasteiger partial charge < -0.3 is 4.90 Å². The molecule has 2 heteroatoms. The summed E-state index contributed by atoms with van der Waals surface area (Å²) < 4.78 is 0. The summed E-state index contributed by atoms with van der Waals surface area (Å²) in [6.07, 6.45) is 1.72. The number of hydrogen-bond acceptors (Lipinski definition) is 1. The van der Waals surface area contributed by atoms with E-state index in [-0.39, 0.29) is 0 Å². The minimum absolute atomic E-state index is 0.298. The predicted molar refractivity (Wildman–Crippen MR) is 56.6 cm³/mol. The van der Waals surface area contributed by atoms with Gasteiger partial charge in [0.05, 0.1) is 0 Å². The van der Waals surface area contributed by atoms with Crippen molar-refractivity contribution >= 4 is 5.91 Å². The molecule has 1 atom stereocenters. The largest absolute Gasteiger partial charge is 0.340 e. The van der Waals surface area contributed by atoms with Crippen molar-refractivity contribution < 1.29 is 4.79 Å². The summed E-state index contributed by atoms with van der Waals surface area (Å²) in [7, 11) is 0. The molecule has 0 radical (unpaired) electrons. The smallest absolute Gasteiger partial charge is 0.223 e. The highest BCUT2D eigenvalue weighted by atomic mass is 16.2. The zero-order valence-electron chi connectivity index (χ0n) is 9.63. The molecular formula is C11H23NO. The topological polar surface area (TPSA) is 20.3 Å². The van der Waals surface area contributed by atoms with Crippen LogP contribution in [0, 0.1) is 5.92 Å². The van der Waals surface area contributed by atoms with Crippen LogP contribution < -0.4 is 0 Å². The highest BCUT2D eigenvalue weighted by Gasteiger charge is 2.17. The molecular weight excluding hydrogens is 162 g/mol. The van der Waals surface area contributed by atoms with Gasteiger partial charge in [0.25, 0.3) is 0 Å². The van der Waals surface area contributed by atoms with Crippen LogP contribution in [-0.2, 0) is 4.79 Å². The Morgan fingerprint density at radius 1 is 1.23 bits per heavy atom. The van der Waals surface area contributed by atoms with Gasteiger partial charge >= 0.3 is 0 Å². The lowest BCUT2D eigenvalue weighted by Gasteiger charge is -2.27. The van der Waals surface area contributed by atoms with E-state index in [9.17, 15) is 4.79 Å². The summed E-state index contributed by atoms with van der Waals surface area (Å²) in [6, 6.07) is 0.385. The van der Waals surface area contributed by atoms with E-state index in [0.717, 1.165) is 13.0 Å². The van der Waals surface area contributed by atoms with Crippen LogP contribution in [-0.4, -0.2) is 23.4 Å². The Bertz CT molecular complexity index is 154. The average molecular weight is 185 g/mol. The van der Waals surface area contributed by atoms with E-state index in [1.54, 1.807) is 0 Å². The lowest BCUT2D eigenvalue weighted by Crippen LogP contribution is -2.38. The Hall–Kier alpha value is -0.530. The average Bonchev–Trinajstić information content (AvgIpc) is 2.03. The molecule has 0 rings (SSSR count). The second-order valence-corrected chi connectivity index (χ2v) is 4.03. The first-order chi connectivity index (χ1) is 6.02. The summed E-state index contributed by atoms with van der Waals surface area (Å²) >= 11 is 0. The predicted octanol–water partition coefficient (Wildman–Crippen LogP) is 2.68. The van der Waals surface area contributed by atoms with Crippen LogP contribution in [0.3, 0.4) is 0 Å². The zero-order chi connectivity index (χ0) is 10.4. The third-order valence-electron chi connectivity index (χ3n) is 2.37. The molecule has 0 aromatic carbocycles. The molecule has 78 valence electrons. The van der Waals surface area contributed by atoms with E-state index < -0.39 is 0 Å². The Balaban J connectivity index is 4.15. The Labute approximate surface area is 82.3 Å². The van der Waals surface area contributed by atoms with Gasteiger partial charge in [-0.2, -0.15) is 0 Å². The zero-order valence-corrected chi connectivity index (χ0v) is 9.63. The second-order valence-electron chi connectivity index (χ2n) is 4.03. The van der Waals surface area contributed by atoms with Crippen molar-refractivity contribution in [3.63, 3.8) is 0 Å². The summed E-state index contributed by atoms with van der Waals surface area (Å²) in [5.74, 6) is 0.762. The maximum Gasteiger partial charge on any atom is 0.223 e. The molecule has 0 aliphatic heterocycles. The van der Waals surface area contributed by atoms with E-state index in [4.69, 9.17) is 0 Å². The first kappa shape index (κ1) is 12.5. The van der Waals surface area contributed by atoms with Crippen molar-refractivity contribution in [1.82, 2.24) is 4.90 Å². The molecule has 0 aliphatic rings. The SMILES string of the molecule is CCC(C)N(CC)C(=O)CC(C)C.